The molecule has 0 aliphatic carbocycles. The first kappa shape index (κ1) is 18.7. The Bertz CT molecular complexity index is 808. The summed E-state index contributed by atoms with van der Waals surface area (Å²) in [5.74, 6) is -0.554. The van der Waals surface area contributed by atoms with E-state index in [1.54, 1.807) is 31.2 Å². The lowest BCUT2D eigenvalue weighted by Crippen LogP contribution is -2.24. The van der Waals surface area contributed by atoms with E-state index < -0.39 is 22.3 Å². The average molecular weight is 359 g/mol. The lowest BCUT2D eigenvalue weighted by atomic mass is 10.2. The van der Waals surface area contributed by atoms with E-state index in [0.717, 1.165) is 6.07 Å². The molecule has 26 heavy (non-hydrogen) atoms. The minimum absolute atomic E-state index is 0.0399. The minimum Gasteiger partial charge on any atom is -0.500 e. The minimum atomic E-state index is -0.735. The Morgan fingerprint density at radius 1 is 1.31 bits per heavy atom. The standard InChI is InChI=1S/C17H17N3O6/c1-2-25-15-9-12(8-14(17(15)22)20(23)24)10-18-19-16(21)11-26-13-6-4-3-5-7-13/h3-10,22H,2,11H2,1H3,(H,19,21)/b18-10-. The number of hydrogen-bond acceptors (Lipinski definition) is 7. The summed E-state index contributed by atoms with van der Waals surface area (Å²) < 4.78 is 10.4. The molecule has 0 saturated heterocycles. The van der Waals surface area contributed by atoms with Gasteiger partial charge in [0.1, 0.15) is 5.75 Å². The third kappa shape index (κ3) is 5.20. The highest BCUT2D eigenvalue weighted by Crippen LogP contribution is 2.36. The molecule has 0 aliphatic heterocycles. The number of hydrazone groups is 1. The smallest absolute Gasteiger partial charge is 0.315 e. The van der Waals surface area contributed by atoms with Gasteiger partial charge >= 0.3 is 5.69 Å². The Kier molecular flexibility index (Phi) is 6.49. The van der Waals surface area contributed by atoms with Crippen LogP contribution in [-0.2, 0) is 4.79 Å². The molecule has 0 aliphatic rings. The Labute approximate surface area is 149 Å². The van der Waals surface area contributed by atoms with Crippen molar-refractivity contribution in [2.45, 2.75) is 6.92 Å². The van der Waals surface area contributed by atoms with Crippen molar-refractivity contribution in [3.63, 3.8) is 0 Å². The van der Waals surface area contributed by atoms with E-state index in [2.05, 4.69) is 10.5 Å². The van der Waals surface area contributed by atoms with Crippen molar-refractivity contribution in [1.82, 2.24) is 5.43 Å². The van der Waals surface area contributed by atoms with E-state index in [1.807, 2.05) is 6.07 Å². The number of para-hydroxylation sites is 1. The predicted octanol–water partition coefficient (Wildman–Crippen LogP) is 2.23. The number of nitrogens with zero attached hydrogens (tertiary/aromatic N) is 2. The molecule has 2 rings (SSSR count). The van der Waals surface area contributed by atoms with Crippen LogP contribution in [0.3, 0.4) is 0 Å². The number of amides is 1. The van der Waals surface area contributed by atoms with E-state index in [0.29, 0.717) is 5.75 Å². The zero-order chi connectivity index (χ0) is 18.9. The number of aromatic hydroxyl groups is 1. The molecule has 0 heterocycles. The molecule has 9 nitrogen and oxygen atoms in total. The maximum absolute atomic E-state index is 11.7. The molecule has 0 radical (unpaired) electrons. The van der Waals surface area contributed by atoms with Crippen molar-refractivity contribution in [3.05, 3.63) is 58.1 Å². The maximum Gasteiger partial charge on any atom is 0.315 e. The number of hydrogen-bond donors (Lipinski definition) is 2. The van der Waals surface area contributed by atoms with Crippen LogP contribution in [0.1, 0.15) is 12.5 Å². The number of phenolic OH excluding ortho intramolecular Hbond substituents is 1. The number of rotatable bonds is 8. The van der Waals surface area contributed by atoms with Crippen LogP contribution in [-0.4, -0.2) is 35.4 Å². The topological polar surface area (TPSA) is 123 Å². The first-order valence-electron chi connectivity index (χ1n) is 7.65. The molecule has 9 heteroatoms. The number of nitrogens with one attached hydrogen (secondary N) is 1. The molecule has 0 aromatic heterocycles. The van der Waals surface area contributed by atoms with Gasteiger partial charge in [-0.15, -0.1) is 0 Å². The molecule has 2 aromatic rings. The number of nitro benzene ring substituents is 1. The number of ether oxygens (including phenoxy) is 2. The normalized spacial score (nSPS) is 10.5. The van der Waals surface area contributed by atoms with Gasteiger partial charge in [-0.3, -0.25) is 14.9 Å². The van der Waals surface area contributed by atoms with Crippen molar-refractivity contribution in [2.24, 2.45) is 5.10 Å². The SMILES string of the molecule is CCOc1cc(/C=N\NC(=O)COc2ccccc2)cc([N+](=O)[O-])c1O. The van der Waals surface area contributed by atoms with E-state index in [1.165, 1.54) is 12.3 Å². The Hall–Kier alpha value is -3.62. The van der Waals surface area contributed by atoms with Crippen LogP contribution in [0.2, 0.25) is 0 Å². The van der Waals surface area contributed by atoms with Crippen molar-refractivity contribution < 1.29 is 24.3 Å². The summed E-state index contributed by atoms with van der Waals surface area (Å²) >= 11 is 0. The van der Waals surface area contributed by atoms with E-state index in [4.69, 9.17) is 9.47 Å². The number of carbonyl (C=O) groups is 1. The monoisotopic (exact) mass is 359 g/mol. The molecule has 0 spiro atoms. The summed E-state index contributed by atoms with van der Waals surface area (Å²) in [6, 6.07) is 11.3. The summed E-state index contributed by atoms with van der Waals surface area (Å²) in [4.78, 5) is 21.9. The van der Waals surface area contributed by atoms with Crippen LogP contribution < -0.4 is 14.9 Å². The van der Waals surface area contributed by atoms with Gasteiger partial charge in [0.25, 0.3) is 5.91 Å². The number of benzene rings is 2. The second-order valence-corrected chi connectivity index (χ2v) is 4.97. The third-order valence-electron chi connectivity index (χ3n) is 3.09. The van der Waals surface area contributed by atoms with Crippen LogP contribution in [0.25, 0.3) is 0 Å². The second kappa shape index (κ2) is 9.02. The van der Waals surface area contributed by atoms with Gasteiger partial charge in [0.2, 0.25) is 5.75 Å². The van der Waals surface area contributed by atoms with Gasteiger partial charge in [-0.25, -0.2) is 5.43 Å². The highest BCUT2D eigenvalue weighted by Gasteiger charge is 2.19. The zero-order valence-electron chi connectivity index (χ0n) is 13.9. The van der Waals surface area contributed by atoms with Gasteiger partial charge in [-0.05, 0) is 25.1 Å². The molecule has 2 N–H and O–H groups in total. The largest absolute Gasteiger partial charge is 0.500 e. The van der Waals surface area contributed by atoms with Crippen molar-refractivity contribution in [2.75, 3.05) is 13.2 Å². The van der Waals surface area contributed by atoms with Crippen molar-refractivity contribution >= 4 is 17.8 Å². The molecule has 0 fully saturated rings. The fourth-order valence-electron chi connectivity index (χ4n) is 1.97. The van der Waals surface area contributed by atoms with E-state index in [-0.39, 0.29) is 24.5 Å². The highest BCUT2D eigenvalue weighted by atomic mass is 16.6. The Morgan fingerprint density at radius 2 is 2.04 bits per heavy atom. The molecular weight excluding hydrogens is 342 g/mol. The number of carbonyl (C=O) groups excluding carboxylic acids is 1. The quantitative estimate of drug-likeness (QED) is 0.423. The fourth-order valence-corrected chi connectivity index (χ4v) is 1.97. The lowest BCUT2D eigenvalue weighted by Gasteiger charge is -2.07. The van der Waals surface area contributed by atoms with Crippen LogP contribution in [0.5, 0.6) is 17.2 Å². The summed E-state index contributed by atoms with van der Waals surface area (Å²) in [6.45, 7) is 1.67. The molecule has 2 aromatic carbocycles. The zero-order valence-corrected chi connectivity index (χ0v) is 13.9. The van der Waals surface area contributed by atoms with Gasteiger partial charge in [-0.1, -0.05) is 18.2 Å². The van der Waals surface area contributed by atoms with Crippen LogP contribution in [0.4, 0.5) is 5.69 Å². The summed E-state index contributed by atoms with van der Waals surface area (Å²) in [7, 11) is 0. The lowest BCUT2D eigenvalue weighted by molar-refractivity contribution is -0.386. The third-order valence-corrected chi connectivity index (χ3v) is 3.09. The van der Waals surface area contributed by atoms with Crippen LogP contribution in [0.15, 0.2) is 47.6 Å². The molecular formula is C17H17N3O6. The highest BCUT2D eigenvalue weighted by molar-refractivity contribution is 5.85. The Balaban J connectivity index is 2.00. The summed E-state index contributed by atoms with van der Waals surface area (Å²) in [5.41, 5.74) is 2.01. The average Bonchev–Trinajstić information content (AvgIpc) is 2.63. The van der Waals surface area contributed by atoms with Crippen molar-refractivity contribution in [3.8, 4) is 17.2 Å². The van der Waals surface area contributed by atoms with Gasteiger partial charge < -0.3 is 14.6 Å². The van der Waals surface area contributed by atoms with Crippen LogP contribution in [0, 0.1) is 10.1 Å². The molecule has 0 bridgehead atoms. The first-order chi connectivity index (χ1) is 12.5. The predicted molar refractivity (Wildman–Crippen MR) is 93.6 cm³/mol. The maximum atomic E-state index is 11.7. The molecule has 0 saturated carbocycles. The first-order valence-corrected chi connectivity index (χ1v) is 7.65. The molecule has 1 amide bonds. The van der Waals surface area contributed by atoms with Gasteiger partial charge in [0.15, 0.2) is 12.4 Å². The molecule has 136 valence electrons. The van der Waals surface area contributed by atoms with Gasteiger partial charge in [-0.2, -0.15) is 5.10 Å². The van der Waals surface area contributed by atoms with E-state index in [9.17, 15) is 20.0 Å². The molecule has 0 unspecified atom stereocenters. The second-order valence-electron chi connectivity index (χ2n) is 4.97. The van der Waals surface area contributed by atoms with Crippen LogP contribution >= 0.6 is 0 Å². The van der Waals surface area contributed by atoms with Crippen molar-refractivity contribution in [1.29, 1.82) is 0 Å². The van der Waals surface area contributed by atoms with E-state index >= 15 is 0 Å². The number of nitro groups is 1. The molecule has 0 atom stereocenters. The number of phenols is 1. The summed E-state index contributed by atoms with van der Waals surface area (Å²) in [6.07, 6.45) is 1.20. The van der Waals surface area contributed by atoms with Gasteiger partial charge in [0, 0.05) is 11.6 Å². The van der Waals surface area contributed by atoms with Gasteiger partial charge in [0.05, 0.1) is 17.7 Å². The Morgan fingerprint density at radius 3 is 2.69 bits per heavy atom. The fraction of sp³-hybridized carbons (Fsp3) is 0.176. The summed E-state index contributed by atoms with van der Waals surface area (Å²) in [5, 5.41) is 24.5.